The number of nitrogens with zero attached hydrogens (tertiary/aromatic N) is 1. The van der Waals surface area contributed by atoms with Crippen LogP contribution < -0.4 is 20.1 Å². The summed E-state index contributed by atoms with van der Waals surface area (Å²) in [5.74, 6) is -1.09. The summed E-state index contributed by atoms with van der Waals surface area (Å²) in [6.45, 7) is 0.631. The van der Waals surface area contributed by atoms with Crippen LogP contribution in [0.15, 0.2) is 59.8 Å². The third-order valence-electron chi connectivity index (χ3n) is 4.88. The number of hydrogen-bond acceptors (Lipinski definition) is 9. The fourth-order valence-corrected chi connectivity index (χ4v) is 3.29. The second-order valence-corrected chi connectivity index (χ2v) is 7.09. The number of nitro groups is 1. The van der Waals surface area contributed by atoms with Crippen LogP contribution in [-0.4, -0.2) is 49.8 Å². The summed E-state index contributed by atoms with van der Waals surface area (Å²) >= 11 is 0. The number of carbonyl (C=O) groups excluding carboxylic acids is 3. The zero-order chi connectivity index (χ0) is 25.4. The standard InChI is InChI=1S/C23H23N3O9/c1-3-33-22(28)20-16(24-23(29)25-21(20)14-8-10-15(32-2)11-9-14)12-35-19(27)13-34-18-7-5-4-6-17(18)26(30)31/h4-11,21H,3,12-13H2,1-2H3,(H2,24,25,29). The third kappa shape index (κ3) is 6.25. The minimum atomic E-state index is -0.870. The van der Waals surface area contributed by atoms with Crippen LogP contribution in [0.2, 0.25) is 0 Å². The van der Waals surface area contributed by atoms with Gasteiger partial charge < -0.3 is 29.6 Å². The van der Waals surface area contributed by atoms with Crippen LogP contribution in [0.1, 0.15) is 18.5 Å². The molecule has 3 rings (SSSR count). The van der Waals surface area contributed by atoms with Gasteiger partial charge >= 0.3 is 23.7 Å². The Balaban J connectivity index is 1.78. The second-order valence-electron chi connectivity index (χ2n) is 7.09. The number of amides is 2. The van der Waals surface area contributed by atoms with E-state index >= 15 is 0 Å². The summed E-state index contributed by atoms with van der Waals surface area (Å²) in [4.78, 5) is 47.7. The van der Waals surface area contributed by atoms with Gasteiger partial charge in [0.15, 0.2) is 12.4 Å². The molecule has 2 aromatic rings. The Morgan fingerprint density at radius 3 is 2.46 bits per heavy atom. The average Bonchev–Trinajstić information content (AvgIpc) is 2.86. The summed E-state index contributed by atoms with van der Waals surface area (Å²) in [5.41, 5.74) is 0.365. The minimum Gasteiger partial charge on any atom is -0.497 e. The number of carbonyl (C=O) groups is 3. The largest absolute Gasteiger partial charge is 0.497 e. The molecule has 184 valence electrons. The average molecular weight is 485 g/mol. The van der Waals surface area contributed by atoms with E-state index in [0.717, 1.165) is 0 Å². The van der Waals surface area contributed by atoms with Gasteiger partial charge in [0, 0.05) is 6.07 Å². The second kappa shape index (κ2) is 11.5. The highest BCUT2D eigenvalue weighted by molar-refractivity contribution is 5.95. The zero-order valence-electron chi connectivity index (χ0n) is 18.9. The van der Waals surface area contributed by atoms with Crippen LogP contribution in [0, 0.1) is 10.1 Å². The quantitative estimate of drug-likeness (QED) is 0.293. The molecule has 12 heteroatoms. The SMILES string of the molecule is CCOC(=O)C1=C(COC(=O)COc2ccccc2[N+](=O)[O-])NC(=O)NC1c1ccc(OC)cc1. The van der Waals surface area contributed by atoms with Crippen molar-refractivity contribution in [3.05, 3.63) is 75.5 Å². The van der Waals surface area contributed by atoms with E-state index in [1.165, 1.54) is 31.4 Å². The van der Waals surface area contributed by atoms with E-state index in [0.29, 0.717) is 11.3 Å². The van der Waals surface area contributed by atoms with Crippen molar-refractivity contribution < 1.29 is 38.3 Å². The lowest BCUT2D eigenvalue weighted by Gasteiger charge is -2.29. The Kier molecular flexibility index (Phi) is 8.22. The van der Waals surface area contributed by atoms with Crippen molar-refractivity contribution in [2.75, 3.05) is 26.9 Å². The maximum atomic E-state index is 12.8. The first-order valence-corrected chi connectivity index (χ1v) is 10.5. The van der Waals surface area contributed by atoms with Crippen molar-refractivity contribution in [1.29, 1.82) is 0 Å². The Labute approximate surface area is 199 Å². The van der Waals surface area contributed by atoms with Gasteiger partial charge in [-0.2, -0.15) is 0 Å². The summed E-state index contributed by atoms with van der Waals surface area (Å²) in [5, 5.41) is 16.2. The van der Waals surface area contributed by atoms with Crippen LogP contribution in [0.5, 0.6) is 11.5 Å². The van der Waals surface area contributed by atoms with Gasteiger partial charge in [0.1, 0.15) is 12.4 Å². The van der Waals surface area contributed by atoms with Crippen molar-refractivity contribution in [3.63, 3.8) is 0 Å². The number of methoxy groups -OCH3 is 1. The number of rotatable bonds is 10. The molecule has 0 saturated heterocycles. The molecule has 1 heterocycles. The molecule has 1 aliphatic heterocycles. The third-order valence-corrected chi connectivity index (χ3v) is 4.88. The fraction of sp³-hybridized carbons (Fsp3) is 0.261. The van der Waals surface area contributed by atoms with Crippen molar-refractivity contribution >= 4 is 23.7 Å². The highest BCUT2D eigenvalue weighted by Gasteiger charge is 2.34. The van der Waals surface area contributed by atoms with Crippen LogP contribution in [0.25, 0.3) is 0 Å². The molecule has 0 radical (unpaired) electrons. The normalized spacial score (nSPS) is 14.9. The molecule has 2 N–H and O–H groups in total. The molecule has 0 saturated carbocycles. The first-order valence-electron chi connectivity index (χ1n) is 10.5. The maximum Gasteiger partial charge on any atom is 0.344 e. The predicted octanol–water partition coefficient (Wildman–Crippen LogP) is 2.40. The number of para-hydroxylation sites is 2. The van der Waals surface area contributed by atoms with Gasteiger partial charge in [-0.05, 0) is 30.7 Å². The summed E-state index contributed by atoms with van der Waals surface area (Å²) in [7, 11) is 1.51. The molecule has 1 unspecified atom stereocenters. The Morgan fingerprint density at radius 1 is 1.09 bits per heavy atom. The Morgan fingerprint density at radius 2 is 1.80 bits per heavy atom. The maximum absolute atomic E-state index is 12.8. The number of urea groups is 1. The lowest BCUT2D eigenvalue weighted by atomic mass is 9.95. The highest BCUT2D eigenvalue weighted by Crippen LogP contribution is 2.29. The van der Waals surface area contributed by atoms with Crippen LogP contribution >= 0.6 is 0 Å². The number of ether oxygens (including phenoxy) is 4. The van der Waals surface area contributed by atoms with E-state index in [1.54, 1.807) is 31.2 Å². The fourth-order valence-electron chi connectivity index (χ4n) is 3.29. The number of benzene rings is 2. The van der Waals surface area contributed by atoms with Gasteiger partial charge in [-0.3, -0.25) is 10.1 Å². The van der Waals surface area contributed by atoms with Gasteiger partial charge in [0.05, 0.1) is 36.0 Å². The van der Waals surface area contributed by atoms with E-state index < -0.39 is 42.1 Å². The number of esters is 2. The topological polar surface area (TPSA) is 155 Å². The Hall–Kier alpha value is -4.61. The molecular formula is C23H23N3O9. The first-order chi connectivity index (χ1) is 16.8. The predicted molar refractivity (Wildman–Crippen MR) is 121 cm³/mol. The summed E-state index contributed by atoms with van der Waals surface area (Å²) < 4.78 is 20.7. The molecular weight excluding hydrogens is 462 g/mol. The highest BCUT2D eigenvalue weighted by atomic mass is 16.6. The van der Waals surface area contributed by atoms with Gasteiger partial charge in [-0.15, -0.1) is 0 Å². The Bertz CT molecular complexity index is 1150. The lowest BCUT2D eigenvalue weighted by molar-refractivity contribution is -0.385. The molecule has 0 fully saturated rings. The molecule has 0 spiro atoms. The minimum absolute atomic E-state index is 0.0343. The lowest BCUT2D eigenvalue weighted by Crippen LogP contribution is -2.47. The molecule has 12 nitrogen and oxygen atoms in total. The van der Waals surface area contributed by atoms with E-state index in [9.17, 15) is 24.5 Å². The van der Waals surface area contributed by atoms with E-state index in [4.69, 9.17) is 18.9 Å². The van der Waals surface area contributed by atoms with E-state index in [1.807, 2.05) is 0 Å². The van der Waals surface area contributed by atoms with Crippen LogP contribution in [0.4, 0.5) is 10.5 Å². The molecule has 0 aliphatic carbocycles. The number of hydrogen-bond donors (Lipinski definition) is 2. The molecule has 35 heavy (non-hydrogen) atoms. The van der Waals surface area contributed by atoms with Gasteiger partial charge in [-0.1, -0.05) is 24.3 Å². The number of nitrogens with one attached hydrogen (secondary N) is 2. The van der Waals surface area contributed by atoms with Gasteiger partial charge in [0.2, 0.25) is 0 Å². The zero-order valence-corrected chi connectivity index (χ0v) is 18.9. The first kappa shape index (κ1) is 25.0. The summed E-state index contributed by atoms with van der Waals surface area (Å²) in [6.07, 6.45) is 0. The molecule has 0 bridgehead atoms. The van der Waals surface area contributed by atoms with Gasteiger partial charge in [-0.25, -0.2) is 14.4 Å². The van der Waals surface area contributed by atoms with E-state index in [2.05, 4.69) is 10.6 Å². The molecule has 2 aromatic carbocycles. The smallest absolute Gasteiger partial charge is 0.344 e. The van der Waals surface area contributed by atoms with Crippen molar-refractivity contribution in [1.82, 2.24) is 10.6 Å². The molecule has 1 atom stereocenters. The number of nitro benzene ring substituents is 1. The van der Waals surface area contributed by atoms with E-state index in [-0.39, 0.29) is 29.3 Å². The van der Waals surface area contributed by atoms with Crippen LogP contribution in [-0.2, 0) is 19.1 Å². The van der Waals surface area contributed by atoms with Crippen molar-refractivity contribution in [2.24, 2.45) is 0 Å². The monoisotopic (exact) mass is 485 g/mol. The molecule has 1 aliphatic rings. The van der Waals surface area contributed by atoms with Crippen molar-refractivity contribution in [2.45, 2.75) is 13.0 Å². The van der Waals surface area contributed by atoms with Crippen LogP contribution in [0.3, 0.4) is 0 Å². The molecule has 2 amide bonds. The summed E-state index contributed by atoms with van der Waals surface area (Å²) in [6, 6.07) is 10.8. The van der Waals surface area contributed by atoms with Crippen molar-refractivity contribution in [3.8, 4) is 11.5 Å². The van der Waals surface area contributed by atoms with Gasteiger partial charge in [0.25, 0.3) is 0 Å². The molecule has 0 aromatic heterocycles.